The summed E-state index contributed by atoms with van der Waals surface area (Å²) in [5.41, 5.74) is 0.642. The molecule has 0 amide bonds. The minimum Gasteiger partial charge on any atom is -0.364 e. The van der Waals surface area contributed by atoms with E-state index in [1.54, 1.807) is 18.2 Å². The molecule has 0 heterocycles. The van der Waals surface area contributed by atoms with Gasteiger partial charge < -0.3 is 5.32 Å². The number of halogens is 3. The molecule has 0 aliphatic carbocycles. The number of para-hydroxylation sites is 1. The van der Waals surface area contributed by atoms with E-state index in [1.165, 1.54) is 24.3 Å². The monoisotopic (exact) mass is 322 g/mol. The second kappa shape index (κ2) is 5.81. The molecular formula is C14H9BrF2N2. The van der Waals surface area contributed by atoms with Gasteiger partial charge in [0, 0.05) is 0 Å². The molecule has 5 heteroatoms. The lowest BCUT2D eigenvalue weighted by atomic mass is 10.1. The van der Waals surface area contributed by atoms with Crippen molar-refractivity contribution < 1.29 is 8.78 Å². The van der Waals surface area contributed by atoms with E-state index in [4.69, 9.17) is 5.26 Å². The number of anilines is 1. The Labute approximate surface area is 117 Å². The van der Waals surface area contributed by atoms with Crippen LogP contribution in [0.1, 0.15) is 11.6 Å². The summed E-state index contributed by atoms with van der Waals surface area (Å²) >= 11 is 3.04. The minimum absolute atomic E-state index is 0.206. The van der Waals surface area contributed by atoms with E-state index >= 15 is 0 Å². The highest BCUT2D eigenvalue weighted by Crippen LogP contribution is 2.24. The van der Waals surface area contributed by atoms with Crippen LogP contribution in [0.25, 0.3) is 0 Å². The van der Waals surface area contributed by atoms with Gasteiger partial charge in [0.1, 0.15) is 17.7 Å². The van der Waals surface area contributed by atoms with Crippen molar-refractivity contribution in [2.24, 2.45) is 0 Å². The Kier molecular flexibility index (Phi) is 4.13. The zero-order chi connectivity index (χ0) is 13.8. The fraction of sp³-hybridized carbons (Fsp3) is 0.0714. The Morgan fingerprint density at radius 3 is 2.47 bits per heavy atom. The molecule has 0 aliphatic heterocycles. The Morgan fingerprint density at radius 2 is 1.84 bits per heavy atom. The maximum Gasteiger partial charge on any atom is 0.146 e. The summed E-state index contributed by atoms with van der Waals surface area (Å²) in [6.07, 6.45) is 0. The fourth-order valence-corrected chi connectivity index (χ4v) is 1.86. The summed E-state index contributed by atoms with van der Waals surface area (Å²) in [5.74, 6) is -0.923. The summed E-state index contributed by atoms with van der Waals surface area (Å²) in [4.78, 5) is 0. The largest absolute Gasteiger partial charge is 0.364 e. The van der Waals surface area contributed by atoms with Crippen LogP contribution in [-0.2, 0) is 0 Å². The van der Waals surface area contributed by atoms with Gasteiger partial charge in [0.15, 0.2) is 0 Å². The van der Waals surface area contributed by atoms with Gasteiger partial charge in [-0.1, -0.05) is 18.2 Å². The molecule has 0 radical (unpaired) electrons. The number of hydrogen-bond acceptors (Lipinski definition) is 2. The van der Waals surface area contributed by atoms with Gasteiger partial charge >= 0.3 is 0 Å². The van der Waals surface area contributed by atoms with E-state index in [2.05, 4.69) is 21.2 Å². The smallest absolute Gasteiger partial charge is 0.146 e. The fourth-order valence-electron chi connectivity index (χ4n) is 1.62. The number of nitriles is 1. The van der Waals surface area contributed by atoms with Crippen LogP contribution in [0.2, 0.25) is 0 Å². The van der Waals surface area contributed by atoms with E-state index in [-0.39, 0.29) is 5.69 Å². The first-order valence-corrected chi connectivity index (χ1v) is 6.26. The third-order valence-electron chi connectivity index (χ3n) is 2.58. The number of hydrogen-bond donors (Lipinski definition) is 1. The number of rotatable bonds is 3. The van der Waals surface area contributed by atoms with Crippen molar-refractivity contribution in [2.75, 3.05) is 5.32 Å². The van der Waals surface area contributed by atoms with Gasteiger partial charge in [-0.05, 0) is 45.8 Å². The van der Waals surface area contributed by atoms with Crippen LogP contribution in [0.4, 0.5) is 14.5 Å². The lowest BCUT2D eigenvalue weighted by molar-refractivity contribution is 0.617. The zero-order valence-corrected chi connectivity index (χ0v) is 11.3. The highest BCUT2D eigenvalue weighted by Gasteiger charge is 2.14. The standard InChI is InChI=1S/C14H9BrF2N2/c15-10-6-5-9(7-12(10)17)14(8-18)19-13-4-2-1-3-11(13)16/h1-7,14,19H. The minimum atomic E-state index is -0.820. The summed E-state index contributed by atoms with van der Waals surface area (Å²) in [7, 11) is 0. The highest BCUT2D eigenvalue weighted by molar-refractivity contribution is 9.10. The highest BCUT2D eigenvalue weighted by atomic mass is 79.9. The van der Waals surface area contributed by atoms with E-state index in [9.17, 15) is 8.78 Å². The van der Waals surface area contributed by atoms with E-state index < -0.39 is 17.7 Å². The lowest BCUT2D eigenvalue weighted by Crippen LogP contribution is -2.10. The first-order chi connectivity index (χ1) is 9.11. The van der Waals surface area contributed by atoms with Crippen molar-refractivity contribution in [1.82, 2.24) is 0 Å². The van der Waals surface area contributed by atoms with Crippen molar-refractivity contribution in [3.05, 3.63) is 64.1 Å². The summed E-state index contributed by atoms with van der Waals surface area (Å²) < 4.78 is 27.2. The third kappa shape index (κ3) is 3.09. The molecule has 0 aromatic heterocycles. The van der Waals surface area contributed by atoms with Gasteiger partial charge in [-0.3, -0.25) is 0 Å². The Morgan fingerprint density at radius 1 is 1.11 bits per heavy atom. The van der Waals surface area contributed by atoms with Crippen LogP contribution in [-0.4, -0.2) is 0 Å². The molecule has 2 aromatic carbocycles. The Balaban J connectivity index is 2.28. The molecule has 1 atom stereocenters. The van der Waals surface area contributed by atoms with Crippen LogP contribution in [0, 0.1) is 23.0 Å². The van der Waals surface area contributed by atoms with E-state index in [0.717, 1.165) is 0 Å². The molecule has 0 saturated carbocycles. The molecule has 19 heavy (non-hydrogen) atoms. The van der Waals surface area contributed by atoms with Crippen molar-refractivity contribution in [2.45, 2.75) is 6.04 Å². The van der Waals surface area contributed by atoms with Gasteiger partial charge in [0.25, 0.3) is 0 Å². The lowest BCUT2D eigenvalue weighted by Gasteiger charge is -2.14. The van der Waals surface area contributed by atoms with Crippen LogP contribution >= 0.6 is 15.9 Å². The maximum atomic E-state index is 13.5. The number of nitrogens with zero attached hydrogens (tertiary/aromatic N) is 1. The van der Waals surface area contributed by atoms with Gasteiger partial charge in [0.05, 0.1) is 16.2 Å². The summed E-state index contributed by atoms with van der Waals surface area (Å²) in [6, 6.07) is 11.5. The molecule has 2 rings (SSSR count). The SMILES string of the molecule is N#CC(Nc1ccccc1F)c1ccc(Br)c(F)c1. The molecule has 0 fully saturated rings. The normalized spacial score (nSPS) is 11.7. The van der Waals surface area contributed by atoms with Gasteiger partial charge in [0.2, 0.25) is 0 Å². The molecule has 2 nitrogen and oxygen atoms in total. The quantitative estimate of drug-likeness (QED) is 0.908. The molecule has 1 unspecified atom stereocenters. The molecule has 0 aliphatic rings. The Hall–Kier alpha value is -1.93. The molecule has 0 bridgehead atoms. The number of nitrogens with one attached hydrogen (secondary N) is 1. The topological polar surface area (TPSA) is 35.8 Å². The van der Waals surface area contributed by atoms with E-state index in [0.29, 0.717) is 10.0 Å². The molecule has 0 saturated heterocycles. The predicted octanol–water partition coefficient (Wildman–Crippen LogP) is 4.40. The molecule has 96 valence electrons. The molecule has 0 spiro atoms. The molecule has 1 N–H and O–H groups in total. The summed E-state index contributed by atoms with van der Waals surface area (Å²) in [6.45, 7) is 0. The maximum absolute atomic E-state index is 13.5. The third-order valence-corrected chi connectivity index (χ3v) is 3.22. The molecular weight excluding hydrogens is 314 g/mol. The first kappa shape index (κ1) is 13.5. The van der Waals surface area contributed by atoms with E-state index in [1.807, 2.05) is 6.07 Å². The van der Waals surface area contributed by atoms with Crippen molar-refractivity contribution in [3.8, 4) is 6.07 Å². The molecule has 2 aromatic rings. The predicted molar refractivity (Wildman–Crippen MR) is 72.5 cm³/mol. The Bertz CT molecular complexity index is 638. The van der Waals surface area contributed by atoms with Gasteiger partial charge in [-0.15, -0.1) is 0 Å². The van der Waals surface area contributed by atoms with Gasteiger partial charge in [-0.2, -0.15) is 5.26 Å². The average Bonchev–Trinajstić information content (AvgIpc) is 2.41. The second-order valence-corrected chi connectivity index (χ2v) is 4.71. The van der Waals surface area contributed by atoms with Crippen LogP contribution in [0.5, 0.6) is 0 Å². The van der Waals surface area contributed by atoms with Crippen molar-refractivity contribution in [3.63, 3.8) is 0 Å². The van der Waals surface area contributed by atoms with Crippen molar-refractivity contribution >= 4 is 21.6 Å². The first-order valence-electron chi connectivity index (χ1n) is 5.47. The van der Waals surface area contributed by atoms with Crippen LogP contribution < -0.4 is 5.32 Å². The van der Waals surface area contributed by atoms with Gasteiger partial charge in [-0.25, -0.2) is 8.78 Å². The van der Waals surface area contributed by atoms with Crippen LogP contribution in [0.15, 0.2) is 46.9 Å². The number of benzene rings is 2. The second-order valence-electron chi connectivity index (χ2n) is 3.86. The summed E-state index contributed by atoms with van der Waals surface area (Å²) in [5, 5.41) is 11.9. The average molecular weight is 323 g/mol. The van der Waals surface area contributed by atoms with Crippen molar-refractivity contribution in [1.29, 1.82) is 5.26 Å². The zero-order valence-electron chi connectivity index (χ0n) is 9.70. The van der Waals surface area contributed by atoms with Crippen LogP contribution in [0.3, 0.4) is 0 Å².